The molecule has 0 bridgehead atoms. The van der Waals surface area contributed by atoms with Crippen LogP contribution in [-0.4, -0.2) is 71.5 Å². The highest BCUT2D eigenvalue weighted by atomic mass is 16.2. The number of anilines is 1. The number of rotatable bonds is 4. The lowest BCUT2D eigenvalue weighted by Gasteiger charge is -2.36. The van der Waals surface area contributed by atoms with Crippen LogP contribution in [0.15, 0.2) is 12.3 Å². The fourth-order valence-corrected chi connectivity index (χ4v) is 3.61. The van der Waals surface area contributed by atoms with Crippen molar-refractivity contribution in [3.8, 4) is 0 Å². The van der Waals surface area contributed by atoms with Crippen LogP contribution in [0, 0.1) is 12.8 Å². The van der Waals surface area contributed by atoms with E-state index in [1.54, 1.807) is 0 Å². The van der Waals surface area contributed by atoms with Gasteiger partial charge in [-0.15, -0.1) is 0 Å². The smallest absolute Gasteiger partial charge is 0.225 e. The molecule has 3 rings (SSSR count). The van der Waals surface area contributed by atoms with Crippen molar-refractivity contribution >= 4 is 11.9 Å². The van der Waals surface area contributed by atoms with E-state index in [1.807, 2.05) is 19.2 Å². The Morgan fingerprint density at radius 3 is 2.50 bits per heavy atom. The van der Waals surface area contributed by atoms with E-state index < -0.39 is 0 Å². The number of piperidine rings is 1. The number of hydrogen-bond acceptors (Lipinski definition) is 5. The molecule has 6 nitrogen and oxygen atoms in total. The highest BCUT2D eigenvalue weighted by Crippen LogP contribution is 2.24. The van der Waals surface area contributed by atoms with Crippen LogP contribution in [0.5, 0.6) is 0 Å². The van der Waals surface area contributed by atoms with E-state index >= 15 is 0 Å². The lowest BCUT2D eigenvalue weighted by atomic mass is 9.93. The minimum Gasteiger partial charge on any atom is -0.341 e. The average Bonchev–Trinajstić information content (AvgIpc) is 2.62. The zero-order valence-corrected chi connectivity index (χ0v) is 14.9. The summed E-state index contributed by atoms with van der Waals surface area (Å²) in [5.41, 5.74) is 1.00. The van der Waals surface area contributed by atoms with Gasteiger partial charge in [-0.3, -0.25) is 4.79 Å². The van der Waals surface area contributed by atoms with Crippen molar-refractivity contribution in [1.82, 2.24) is 19.8 Å². The van der Waals surface area contributed by atoms with Crippen molar-refractivity contribution in [3.05, 3.63) is 18.0 Å². The number of carbonyl (C=O) groups excluding carboxylic acids is 1. The van der Waals surface area contributed by atoms with Crippen molar-refractivity contribution in [1.29, 1.82) is 0 Å². The Labute approximate surface area is 144 Å². The van der Waals surface area contributed by atoms with Crippen LogP contribution in [0.1, 0.15) is 31.9 Å². The molecule has 0 aliphatic carbocycles. The molecule has 0 radical (unpaired) electrons. The number of carbonyl (C=O) groups is 1. The van der Waals surface area contributed by atoms with E-state index in [0.717, 1.165) is 70.3 Å². The van der Waals surface area contributed by atoms with Crippen LogP contribution in [-0.2, 0) is 4.79 Å². The minimum absolute atomic E-state index is 0.344. The standard InChI is InChI=1S/C18H29N5O/c1-3-21-10-12-22(13-11-21)17(24)14-16-5-8-23(9-6-16)18-19-7-4-15(2)20-18/h4,7,16H,3,5-6,8-14H2,1-2H3. The predicted molar refractivity (Wildman–Crippen MR) is 95.0 cm³/mol. The Bertz CT molecular complexity index is 548. The summed E-state index contributed by atoms with van der Waals surface area (Å²) >= 11 is 0. The van der Waals surface area contributed by atoms with Gasteiger partial charge in [-0.2, -0.15) is 0 Å². The molecule has 3 heterocycles. The van der Waals surface area contributed by atoms with Crippen LogP contribution in [0.3, 0.4) is 0 Å². The van der Waals surface area contributed by atoms with Crippen molar-refractivity contribution in [2.24, 2.45) is 5.92 Å². The number of nitrogens with zero attached hydrogens (tertiary/aromatic N) is 5. The first-order valence-corrected chi connectivity index (χ1v) is 9.20. The third kappa shape index (κ3) is 4.23. The second kappa shape index (κ2) is 7.92. The summed E-state index contributed by atoms with van der Waals surface area (Å²) in [5, 5.41) is 0. The monoisotopic (exact) mass is 331 g/mol. The molecular weight excluding hydrogens is 302 g/mol. The minimum atomic E-state index is 0.344. The molecule has 2 aliphatic heterocycles. The van der Waals surface area contributed by atoms with Crippen molar-refractivity contribution < 1.29 is 4.79 Å². The van der Waals surface area contributed by atoms with Gasteiger partial charge in [0.05, 0.1) is 0 Å². The summed E-state index contributed by atoms with van der Waals surface area (Å²) in [6, 6.07) is 1.92. The van der Waals surface area contributed by atoms with Crippen LogP contribution >= 0.6 is 0 Å². The fourth-order valence-electron chi connectivity index (χ4n) is 3.61. The van der Waals surface area contributed by atoms with Gasteiger partial charge in [0.1, 0.15) is 0 Å². The van der Waals surface area contributed by atoms with E-state index in [0.29, 0.717) is 18.2 Å². The zero-order chi connectivity index (χ0) is 16.9. The first-order chi connectivity index (χ1) is 11.7. The molecule has 1 amide bonds. The van der Waals surface area contributed by atoms with E-state index in [9.17, 15) is 4.79 Å². The average molecular weight is 331 g/mol. The first-order valence-electron chi connectivity index (χ1n) is 9.20. The van der Waals surface area contributed by atoms with Gasteiger partial charge in [0.25, 0.3) is 0 Å². The summed E-state index contributed by atoms with van der Waals surface area (Å²) in [7, 11) is 0. The van der Waals surface area contributed by atoms with Gasteiger partial charge < -0.3 is 14.7 Å². The number of hydrogen-bond donors (Lipinski definition) is 0. The van der Waals surface area contributed by atoms with Gasteiger partial charge in [-0.25, -0.2) is 9.97 Å². The van der Waals surface area contributed by atoms with Gasteiger partial charge in [0.2, 0.25) is 11.9 Å². The van der Waals surface area contributed by atoms with Crippen LogP contribution in [0.25, 0.3) is 0 Å². The summed E-state index contributed by atoms with van der Waals surface area (Å²) < 4.78 is 0. The van der Waals surface area contributed by atoms with Crippen LogP contribution in [0.4, 0.5) is 5.95 Å². The third-order valence-electron chi connectivity index (χ3n) is 5.31. The quantitative estimate of drug-likeness (QED) is 0.838. The van der Waals surface area contributed by atoms with Crippen molar-refractivity contribution in [2.45, 2.75) is 33.1 Å². The number of likely N-dealkylation sites (N-methyl/N-ethyl adjacent to an activating group) is 1. The van der Waals surface area contributed by atoms with Crippen LogP contribution in [0.2, 0.25) is 0 Å². The molecule has 0 unspecified atom stereocenters. The van der Waals surface area contributed by atoms with Crippen LogP contribution < -0.4 is 4.90 Å². The molecular formula is C18H29N5O. The Balaban J connectivity index is 1.44. The van der Waals surface area contributed by atoms with E-state index in [1.165, 1.54) is 0 Å². The molecule has 132 valence electrons. The zero-order valence-electron chi connectivity index (χ0n) is 14.9. The molecule has 1 aromatic heterocycles. The molecule has 24 heavy (non-hydrogen) atoms. The SMILES string of the molecule is CCN1CCN(C(=O)CC2CCN(c3nccc(C)n3)CC2)CC1. The van der Waals surface area contributed by atoms with Crippen molar-refractivity contribution in [2.75, 3.05) is 50.7 Å². The maximum atomic E-state index is 12.5. The number of aryl methyl sites for hydroxylation is 1. The molecule has 6 heteroatoms. The summed E-state index contributed by atoms with van der Waals surface area (Å²) in [4.78, 5) is 28.1. The molecule has 0 saturated carbocycles. The van der Waals surface area contributed by atoms with Gasteiger partial charge in [0, 0.05) is 57.6 Å². The number of amides is 1. The topological polar surface area (TPSA) is 52.6 Å². The van der Waals surface area contributed by atoms with Crippen molar-refractivity contribution in [3.63, 3.8) is 0 Å². The Morgan fingerprint density at radius 1 is 1.17 bits per heavy atom. The molecule has 0 N–H and O–H groups in total. The highest BCUT2D eigenvalue weighted by molar-refractivity contribution is 5.76. The van der Waals surface area contributed by atoms with E-state index in [-0.39, 0.29) is 0 Å². The Morgan fingerprint density at radius 2 is 1.88 bits per heavy atom. The van der Waals surface area contributed by atoms with Gasteiger partial charge in [-0.1, -0.05) is 6.92 Å². The van der Waals surface area contributed by atoms with E-state index in [4.69, 9.17) is 0 Å². The number of aromatic nitrogens is 2. The molecule has 0 spiro atoms. The number of piperazine rings is 1. The first kappa shape index (κ1) is 17.1. The second-order valence-corrected chi connectivity index (χ2v) is 6.95. The largest absolute Gasteiger partial charge is 0.341 e. The molecule has 2 fully saturated rings. The highest BCUT2D eigenvalue weighted by Gasteiger charge is 2.26. The lowest BCUT2D eigenvalue weighted by Crippen LogP contribution is -2.49. The predicted octanol–water partition coefficient (Wildman–Crippen LogP) is 1.56. The maximum Gasteiger partial charge on any atom is 0.225 e. The van der Waals surface area contributed by atoms with Gasteiger partial charge in [0.15, 0.2) is 0 Å². The lowest BCUT2D eigenvalue weighted by molar-refractivity contribution is -0.134. The maximum absolute atomic E-state index is 12.5. The molecule has 2 aliphatic rings. The molecule has 1 aromatic rings. The molecule has 2 saturated heterocycles. The van der Waals surface area contributed by atoms with Gasteiger partial charge in [-0.05, 0) is 38.3 Å². The Kier molecular flexibility index (Phi) is 5.66. The van der Waals surface area contributed by atoms with E-state index in [2.05, 4.69) is 31.6 Å². The second-order valence-electron chi connectivity index (χ2n) is 6.95. The third-order valence-corrected chi connectivity index (χ3v) is 5.31. The summed E-state index contributed by atoms with van der Waals surface area (Å²) in [6.07, 6.45) is 4.63. The normalized spacial score (nSPS) is 20.4. The molecule has 0 aromatic carbocycles. The fraction of sp³-hybridized carbons (Fsp3) is 0.722. The summed E-state index contributed by atoms with van der Waals surface area (Å²) in [5.74, 6) is 1.68. The van der Waals surface area contributed by atoms with Gasteiger partial charge >= 0.3 is 0 Å². The molecule has 0 atom stereocenters. The Hall–Kier alpha value is -1.69. The summed E-state index contributed by atoms with van der Waals surface area (Å²) in [6.45, 7) is 11.0.